The fourth-order valence-electron chi connectivity index (χ4n) is 1.94. The highest BCUT2D eigenvalue weighted by molar-refractivity contribution is 6.30. The molecule has 0 aliphatic heterocycles. The molecule has 0 spiro atoms. The fraction of sp³-hybridized carbons (Fsp3) is 0.385. The fourth-order valence-corrected chi connectivity index (χ4v) is 2.18. The van der Waals surface area contributed by atoms with Crippen molar-refractivity contribution >= 4 is 17.4 Å². The second kappa shape index (κ2) is 4.98. The molecule has 96 valence electrons. The molecule has 2 heterocycles. The van der Waals surface area contributed by atoms with Crippen LogP contribution in [-0.4, -0.2) is 20.1 Å². The van der Waals surface area contributed by atoms with Crippen molar-refractivity contribution in [3.63, 3.8) is 0 Å². The molecule has 0 aliphatic rings. The Kier molecular flexibility index (Phi) is 3.57. The minimum absolute atomic E-state index is 0.155. The van der Waals surface area contributed by atoms with Gasteiger partial charge in [-0.25, -0.2) is 0 Å². The molecule has 0 N–H and O–H groups in total. The van der Waals surface area contributed by atoms with Crippen LogP contribution in [0.5, 0.6) is 0 Å². The van der Waals surface area contributed by atoms with Crippen LogP contribution in [0.25, 0.3) is 0 Å². The van der Waals surface area contributed by atoms with E-state index < -0.39 is 0 Å². The van der Waals surface area contributed by atoms with E-state index in [9.17, 15) is 4.79 Å². The number of hydrogen-bond acceptors (Lipinski definition) is 2. The summed E-state index contributed by atoms with van der Waals surface area (Å²) in [4.78, 5) is 11.6. The second-order valence-electron chi connectivity index (χ2n) is 4.33. The number of nitrogens with zero attached hydrogens (tertiary/aromatic N) is 3. The first kappa shape index (κ1) is 12.9. The summed E-state index contributed by atoms with van der Waals surface area (Å²) in [6, 6.07) is 1.84. The minimum Gasteiger partial charge on any atom is -0.349 e. The third-order valence-electron chi connectivity index (χ3n) is 3.00. The average molecular weight is 266 g/mol. The summed E-state index contributed by atoms with van der Waals surface area (Å²) >= 11 is 6.18. The molecule has 0 fully saturated rings. The van der Waals surface area contributed by atoms with Crippen molar-refractivity contribution in [2.75, 3.05) is 0 Å². The maximum atomic E-state index is 11.6. The van der Waals surface area contributed by atoms with Gasteiger partial charge < -0.3 is 4.57 Å². The van der Waals surface area contributed by atoms with Gasteiger partial charge in [-0.3, -0.25) is 9.48 Å². The monoisotopic (exact) mass is 265 g/mol. The average Bonchev–Trinajstić information content (AvgIpc) is 2.90. The molecule has 5 heteroatoms. The molecular formula is C13H16ClN3O. The quantitative estimate of drug-likeness (QED) is 0.798. The normalized spacial score (nSPS) is 10.9. The number of carbonyl (C=O) groups is 1. The van der Waals surface area contributed by atoms with Gasteiger partial charge in [0.15, 0.2) is 5.78 Å². The Bertz CT molecular complexity index is 583. The van der Waals surface area contributed by atoms with E-state index in [-0.39, 0.29) is 5.78 Å². The van der Waals surface area contributed by atoms with E-state index in [4.69, 9.17) is 11.6 Å². The van der Waals surface area contributed by atoms with Gasteiger partial charge in [-0.15, -0.1) is 0 Å². The Hall–Kier alpha value is -1.55. The van der Waals surface area contributed by atoms with Crippen molar-refractivity contribution in [3.05, 3.63) is 40.4 Å². The van der Waals surface area contributed by atoms with E-state index in [1.165, 1.54) is 0 Å². The first-order valence-electron chi connectivity index (χ1n) is 5.90. The van der Waals surface area contributed by atoms with E-state index in [0.717, 1.165) is 16.8 Å². The first-order valence-corrected chi connectivity index (χ1v) is 6.27. The number of carbonyl (C=O) groups excluding carboxylic acids is 1. The van der Waals surface area contributed by atoms with Gasteiger partial charge in [0.1, 0.15) is 5.15 Å². The number of ketones is 1. The Morgan fingerprint density at radius 3 is 2.78 bits per heavy atom. The molecule has 0 saturated carbocycles. The van der Waals surface area contributed by atoms with Crippen LogP contribution in [0.15, 0.2) is 18.5 Å². The van der Waals surface area contributed by atoms with Crippen molar-refractivity contribution in [1.29, 1.82) is 0 Å². The molecule has 0 aliphatic carbocycles. The van der Waals surface area contributed by atoms with Crippen LogP contribution in [0.1, 0.15) is 35.0 Å². The number of rotatable bonds is 4. The summed E-state index contributed by atoms with van der Waals surface area (Å²) in [5.74, 6) is 0.155. The summed E-state index contributed by atoms with van der Waals surface area (Å²) in [6.07, 6.45) is 4.27. The van der Waals surface area contributed by atoms with E-state index in [1.54, 1.807) is 4.68 Å². The van der Waals surface area contributed by atoms with Crippen molar-refractivity contribution in [2.45, 2.75) is 26.8 Å². The Balaban J connectivity index is 2.24. The molecule has 0 unspecified atom stereocenters. The number of Topliss-reactive ketones (excluding diaryl/α,β-unsaturated/α-hetero) is 1. The van der Waals surface area contributed by atoms with Gasteiger partial charge in [0, 0.05) is 37.0 Å². The molecule has 18 heavy (non-hydrogen) atoms. The minimum atomic E-state index is 0.155. The standard InChI is InChI=1S/C13H16ClN3O/c1-4-12(18)10-5-6-17(7-10)8-11-9(2)15-16(3)13(11)14/h5-7H,4,8H2,1-3H3. The Labute approximate surface area is 111 Å². The second-order valence-corrected chi connectivity index (χ2v) is 4.69. The van der Waals surface area contributed by atoms with Crippen LogP contribution in [0, 0.1) is 6.92 Å². The van der Waals surface area contributed by atoms with Gasteiger partial charge in [-0.1, -0.05) is 18.5 Å². The lowest BCUT2D eigenvalue weighted by Gasteiger charge is -2.02. The van der Waals surface area contributed by atoms with Crippen LogP contribution in [0.3, 0.4) is 0 Å². The number of halogens is 1. The Morgan fingerprint density at radius 2 is 2.22 bits per heavy atom. The lowest BCUT2D eigenvalue weighted by atomic mass is 10.2. The van der Waals surface area contributed by atoms with Crippen molar-refractivity contribution < 1.29 is 4.79 Å². The molecule has 2 rings (SSSR count). The maximum Gasteiger partial charge on any atom is 0.164 e. The molecule has 0 saturated heterocycles. The van der Waals surface area contributed by atoms with E-state index in [1.807, 2.05) is 43.9 Å². The molecule has 2 aromatic rings. The molecular weight excluding hydrogens is 250 g/mol. The molecule has 0 radical (unpaired) electrons. The summed E-state index contributed by atoms with van der Waals surface area (Å²) in [6.45, 7) is 4.43. The van der Waals surface area contributed by atoms with Gasteiger partial charge in [-0.2, -0.15) is 5.10 Å². The third-order valence-corrected chi connectivity index (χ3v) is 3.48. The van der Waals surface area contributed by atoms with Crippen LogP contribution in [-0.2, 0) is 13.6 Å². The van der Waals surface area contributed by atoms with Crippen LogP contribution >= 0.6 is 11.6 Å². The summed E-state index contributed by atoms with van der Waals surface area (Å²) in [5.41, 5.74) is 2.65. The topological polar surface area (TPSA) is 39.8 Å². The molecule has 0 aromatic carbocycles. The summed E-state index contributed by atoms with van der Waals surface area (Å²) in [5, 5.41) is 4.91. The lowest BCUT2D eigenvalue weighted by molar-refractivity contribution is 0.0988. The summed E-state index contributed by atoms with van der Waals surface area (Å²) in [7, 11) is 1.82. The SMILES string of the molecule is CCC(=O)c1ccn(Cc2c(C)nn(C)c2Cl)c1. The van der Waals surface area contributed by atoms with Gasteiger partial charge in [0.2, 0.25) is 0 Å². The van der Waals surface area contributed by atoms with E-state index in [2.05, 4.69) is 5.10 Å². The smallest absolute Gasteiger partial charge is 0.164 e. The Morgan fingerprint density at radius 1 is 1.50 bits per heavy atom. The third kappa shape index (κ3) is 2.34. The summed E-state index contributed by atoms with van der Waals surface area (Å²) < 4.78 is 3.62. The molecule has 4 nitrogen and oxygen atoms in total. The number of hydrogen-bond donors (Lipinski definition) is 0. The number of aryl methyl sites for hydroxylation is 2. The van der Waals surface area contributed by atoms with Gasteiger partial charge in [0.05, 0.1) is 12.2 Å². The highest BCUT2D eigenvalue weighted by Crippen LogP contribution is 2.20. The molecule has 0 atom stereocenters. The van der Waals surface area contributed by atoms with Crippen molar-refractivity contribution in [3.8, 4) is 0 Å². The van der Waals surface area contributed by atoms with Gasteiger partial charge in [0.25, 0.3) is 0 Å². The zero-order valence-electron chi connectivity index (χ0n) is 10.8. The molecule has 0 amide bonds. The zero-order chi connectivity index (χ0) is 13.3. The van der Waals surface area contributed by atoms with E-state index in [0.29, 0.717) is 18.1 Å². The molecule has 0 bridgehead atoms. The molecule has 2 aromatic heterocycles. The van der Waals surface area contributed by atoms with Crippen molar-refractivity contribution in [1.82, 2.24) is 14.3 Å². The number of aromatic nitrogens is 3. The zero-order valence-corrected chi connectivity index (χ0v) is 11.5. The van der Waals surface area contributed by atoms with Gasteiger partial charge in [-0.05, 0) is 13.0 Å². The largest absolute Gasteiger partial charge is 0.349 e. The highest BCUT2D eigenvalue weighted by atomic mass is 35.5. The van der Waals surface area contributed by atoms with Gasteiger partial charge >= 0.3 is 0 Å². The van der Waals surface area contributed by atoms with Crippen LogP contribution < -0.4 is 0 Å². The van der Waals surface area contributed by atoms with E-state index >= 15 is 0 Å². The predicted octanol–water partition coefficient (Wildman–Crippen LogP) is 2.82. The predicted molar refractivity (Wildman–Crippen MR) is 71.1 cm³/mol. The van der Waals surface area contributed by atoms with Crippen molar-refractivity contribution in [2.24, 2.45) is 7.05 Å². The highest BCUT2D eigenvalue weighted by Gasteiger charge is 2.12. The first-order chi connectivity index (χ1) is 8.52. The van der Waals surface area contributed by atoms with Crippen LogP contribution in [0.2, 0.25) is 5.15 Å². The maximum absolute atomic E-state index is 11.6. The lowest BCUT2D eigenvalue weighted by Crippen LogP contribution is -1.99. The van der Waals surface area contributed by atoms with Crippen LogP contribution in [0.4, 0.5) is 0 Å².